The number of benzene rings is 2. The molecule has 0 spiro atoms. The fourth-order valence-electron chi connectivity index (χ4n) is 3.63. The summed E-state index contributed by atoms with van der Waals surface area (Å²) in [5, 5.41) is 6.65. The van der Waals surface area contributed by atoms with Gasteiger partial charge in [-0.15, -0.1) is 24.0 Å². The number of nitrogens with zero attached hydrogens (tertiary/aromatic N) is 2. The molecule has 1 saturated heterocycles. The first-order chi connectivity index (χ1) is 15.1. The van der Waals surface area contributed by atoms with Crippen LogP contribution in [0.15, 0.2) is 53.5 Å². The molecule has 1 aliphatic heterocycles. The average molecular weight is 551 g/mol. The third-order valence-corrected chi connectivity index (χ3v) is 5.30. The smallest absolute Gasteiger partial charge is 0.255 e. The van der Waals surface area contributed by atoms with Crippen molar-refractivity contribution in [2.45, 2.75) is 38.9 Å². The summed E-state index contributed by atoms with van der Waals surface area (Å²) in [5.74, 6) is 0.846. The molecule has 8 heteroatoms. The Labute approximate surface area is 207 Å². The van der Waals surface area contributed by atoms with Gasteiger partial charge in [0.15, 0.2) is 12.6 Å². The summed E-state index contributed by atoms with van der Waals surface area (Å²) in [6.45, 7) is 4.63. The molecule has 0 radical (unpaired) electrons. The lowest BCUT2D eigenvalue weighted by atomic mass is 10.1. The Morgan fingerprint density at radius 2 is 1.66 bits per heavy atom. The number of halogens is 1. The minimum atomic E-state index is -0.493. The fourth-order valence-corrected chi connectivity index (χ4v) is 3.63. The van der Waals surface area contributed by atoms with Crippen LogP contribution in [-0.4, -0.2) is 43.5 Å². The molecule has 2 aromatic carbocycles. The minimum absolute atomic E-state index is 0. The van der Waals surface area contributed by atoms with Gasteiger partial charge < -0.3 is 21.1 Å². The standard InChI is InChI=1S/C24H33N5O2.HI/c1-26-24(28-16-21-6-5-7-22(14-21)31-18-23(25)30)27-15-19-8-10-20(11-9-19)17-29-12-3-2-4-13-29;/h5-11,14H,2-4,12-13,15-18H2,1H3,(H2,25,30)(H2,26,27,28);1H. The van der Waals surface area contributed by atoms with E-state index < -0.39 is 5.91 Å². The molecule has 3 rings (SSSR count). The maximum Gasteiger partial charge on any atom is 0.255 e. The van der Waals surface area contributed by atoms with Crippen LogP contribution in [0.5, 0.6) is 5.75 Å². The SMILES string of the molecule is CN=C(NCc1ccc(CN2CCCCC2)cc1)NCc1cccc(OCC(N)=O)c1.I. The second-order valence-corrected chi connectivity index (χ2v) is 7.84. The lowest BCUT2D eigenvalue weighted by Gasteiger charge is -2.26. The summed E-state index contributed by atoms with van der Waals surface area (Å²) in [7, 11) is 1.75. The second-order valence-electron chi connectivity index (χ2n) is 7.84. The topological polar surface area (TPSA) is 92.0 Å². The number of likely N-dealkylation sites (tertiary alicyclic amines) is 1. The Bertz CT molecular complexity index is 867. The number of aliphatic imine (C=N–C) groups is 1. The minimum Gasteiger partial charge on any atom is -0.484 e. The Balaban J connectivity index is 0.00000363. The Hall–Kier alpha value is -2.33. The highest BCUT2D eigenvalue weighted by Crippen LogP contribution is 2.14. The van der Waals surface area contributed by atoms with Gasteiger partial charge in [-0.2, -0.15) is 0 Å². The van der Waals surface area contributed by atoms with Crippen molar-refractivity contribution in [3.8, 4) is 5.75 Å². The monoisotopic (exact) mass is 551 g/mol. The lowest BCUT2D eigenvalue weighted by Crippen LogP contribution is -2.36. The molecule has 174 valence electrons. The number of primary amides is 1. The fraction of sp³-hybridized carbons (Fsp3) is 0.417. The van der Waals surface area contributed by atoms with Gasteiger partial charge in [-0.3, -0.25) is 14.7 Å². The number of nitrogens with two attached hydrogens (primary N) is 1. The van der Waals surface area contributed by atoms with Crippen molar-refractivity contribution >= 4 is 35.8 Å². The third-order valence-electron chi connectivity index (χ3n) is 5.30. The van der Waals surface area contributed by atoms with Crippen molar-refractivity contribution in [1.82, 2.24) is 15.5 Å². The van der Waals surface area contributed by atoms with Crippen LogP contribution in [0.3, 0.4) is 0 Å². The maximum atomic E-state index is 10.9. The van der Waals surface area contributed by atoms with Crippen molar-refractivity contribution in [3.05, 3.63) is 65.2 Å². The summed E-state index contributed by atoms with van der Waals surface area (Å²) in [6, 6.07) is 16.4. The van der Waals surface area contributed by atoms with Crippen LogP contribution in [0.4, 0.5) is 0 Å². The van der Waals surface area contributed by atoms with Gasteiger partial charge in [-0.05, 0) is 54.8 Å². The van der Waals surface area contributed by atoms with E-state index in [0.717, 1.165) is 18.1 Å². The van der Waals surface area contributed by atoms with Crippen LogP contribution >= 0.6 is 24.0 Å². The van der Waals surface area contributed by atoms with Gasteiger partial charge in [0.05, 0.1) is 0 Å². The van der Waals surface area contributed by atoms with E-state index in [1.165, 1.54) is 43.5 Å². The van der Waals surface area contributed by atoms with E-state index in [1.54, 1.807) is 13.1 Å². The van der Waals surface area contributed by atoms with Crippen LogP contribution in [0.1, 0.15) is 36.0 Å². The molecule has 2 aromatic rings. The highest BCUT2D eigenvalue weighted by molar-refractivity contribution is 14.0. The normalized spacial score (nSPS) is 14.3. The molecule has 0 atom stereocenters. The summed E-state index contributed by atoms with van der Waals surface area (Å²) in [4.78, 5) is 17.7. The van der Waals surface area contributed by atoms with Crippen molar-refractivity contribution in [3.63, 3.8) is 0 Å². The summed E-state index contributed by atoms with van der Waals surface area (Å²) < 4.78 is 5.35. The number of hydrogen-bond acceptors (Lipinski definition) is 4. The molecule has 0 aliphatic carbocycles. The molecule has 4 N–H and O–H groups in total. The largest absolute Gasteiger partial charge is 0.484 e. The molecule has 1 fully saturated rings. The number of amides is 1. The molecule has 0 bridgehead atoms. The van der Waals surface area contributed by atoms with Gasteiger partial charge in [-0.1, -0.05) is 42.8 Å². The van der Waals surface area contributed by atoms with Gasteiger partial charge >= 0.3 is 0 Å². The van der Waals surface area contributed by atoms with Gasteiger partial charge in [-0.25, -0.2) is 0 Å². The zero-order valence-electron chi connectivity index (χ0n) is 18.7. The predicted molar refractivity (Wildman–Crippen MR) is 139 cm³/mol. The van der Waals surface area contributed by atoms with Crippen LogP contribution < -0.4 is 21.1 Å². The van der Waals surface area contributed by atoms with Gasteiger partial charge in [0.2, 0.25) is 0 Å². The number of piperidine rings is 1. The van der Waals surface area contributed by atoms with Crippen molar-refractivity contribution < 1.29 is 9.53 Å². The molecule has 0 saturated carbocycles. The number of guanidine groups is 1. The van der Waals surface area contributed by atoms with Crippen LogP contribution in [0.2, 0.25) is 0 Å². The maximum absolute atomic E-state index is 10.9. The molecule has 0 unspecified atom stereocenters. The molecule has 1 aliphatic rings. The number of carbonyl (C=O) groups is 1. The Morgan fingerprint density at radius 1 is 1.00 bits per heavy atom. The molecule has 7 nitrogen and oxygen atoms in total. The number of rotatable bonds is 9. The first-order valence-corrected chi connectivity index (χ1v) is 10.9. The molecule has 0 aromatic heterocycles. The van der Waals surface area contributed by atoms with Crippen molar-refractivity contribution in [2.75, 3.05) is 26.7 Å². The van der Waals surface area contributed by atoms with E-state index in [4.69, 9.17) is 10.5 Å². The van der Waals surface area contributed by atoms with E-state index in [2.05, 4.69) is 44.8 Å². The lowest BCUT2D eigenvalue weighted by molar-refractivity contribution is -0.119. The average Bonchev–Trinajstić information content (AvgIpc) is 2.80. The second kappa shape index (κ2) is 13.9. The highest BCUT2D eigenvalue weighted by Gasteiger charge is 2.10. The van der Waals surface area contributed by atoms with Gasteiger partial charge in [0, 0.05) is 26.7 Å². The Morgan fingerprint density at radius 3 is 2.31 bits per heavy atom. The zero-order valence-corrected chi connectivity index (χ0v) is 21.0. The van der Waals surface area contributed by atoms with Crippen LogP contribution in [0.25, 0.3) is 0 Å². The highest BCUT2D eigenvalue weighted by atomic mass is 127. The van der Waals surface area contributed by atoms with E-state index in [0.29, 0.717) is 18.8 Å². The van der Waals surface area contributed by atoms with E-state index in [1.807, 2.05) is 18.2 Å². The number of carbonyl (C=O) groups excluding carboxylic acids is 1. The molecule has 32 heavy (non-hydrogen) atoms. The molecule has 1 heterocycles. The van der Waals surface area contributed by atoms with Crippen LogP contribution in [-0.2, 0) is 24.4 Å². The van der Waals surface area contributed by atoms with Crippen molar-refractivity contribution in [2.24, 2.45) is 10.7 Å². The predicted octanol–water partition coefficient (Wildman–Crippen LogP) is 3.02. The van der Waals surface area contributed by atoms with Gasteiger partial charge in [0.1, 0.15) is 5.75 Å². The molecule has 1 amide bonds. The van der Waals surface area contributed by atoms with E-state index >= 15 is 0 Å². The quantitative estimate of drug-likeness (QED) is 0.253. The number of ether oxygens (including phenoxy) is 1. The number of hydrogen-bond donors (Lipinski definition) is 3. The van der Waals surface area contributed by atoms with Crippen molar-refractivity contribution in [1.29, 1.82) is 0 Å². The Kier molecular flexibility index (Phi) is 11.3. The molecular formula is C24H34IN5O2. The zero-order chi connectivity index (χ0) is 21.9. The van der Waals surface area contributed by atoms with Gasteiger partial charge in [0.25, 0.3) is 5.91 Å². The summed E-state index contributed by atoms with van der Waals surface area (Å²) in [5.41, 5.74) is 8.73. The summed E-state index contributed by atoms with van der Waals surface area (Å²) >= 11 is 0. The summed E-state index contributed by atoms with van der Waals surface area (Å²) in [6.07, 6.45) is 4.00. The molecular weight excluding hydrogens is 517 g/mol. The first kappa shape index (κ1) is 25.9. The number of nitrogens with one attached hydrogen (secondary N) is 2. The van der Waals surface area contributed by atoms with Crippen LogP contribution in [0, 0.1) is 0 Å². The first-order valence-electron chi connectivity index (χ1n) is 10.9. The third kappa shape index (κ3) is 9.04. The van der Waals surface area contributed by atoms with E-state index in [-0.39, 0.29) is 30.6 Å². The van der Waals surface area contributed by atoms with E-state index in [9.17, 15) is 4.79 Å².